The summed E-state index contributed by atoms with van der Waals surface area (Å²) in [6.07, 6.45) is 6.82. The van der Waals surface area contributed by atoms with E-state index in [1.165, 1.54) is 12.5 Å². The second-order valence-corrected chi connectivity index (χ2v) is 14.9. The fourth-order valence-corrected chi connectivity index (χ4v) is 5.21. The zero-order valence-corrected chi connectivity index (χ0v) is 41.4. The van der Waals surface area contributed by atoms with Crippen LogP contribution in [0.4, 0.5) is 0 Å². The van der Waals surface area contributed by atoms with Gasteiger partial charge in [-0.05, 0) is 82.1 Å². The van der Waals surface area contributed by atoms with Crippen molar-refractivity contribution < 1.29 is 48.9 Å². The molecule has 65 heavy (non-hydrogen) atoms. The molecule has 16 heteroatoms. The number of carbonyl (C=O) groups excluding carboxylic acids is 4. The van der Waals surface area contributed by atoms with Crippen LogP contribution >= 0.6 is 11.6 Å². The molecule has 3 atom stereocenters. The van der Waals surface area contributed by atoms with Crippen molar-refractivity contribution in [1.29, 1.82) is 0 Å². The number of Topliss-reactive ketones (excluding diaryl/α,β-unsaturated/α-hetero) is 2. The molecule has 0 radical (unpaired) electrons. The highest BCUT2D eigenvalue weighted by atomic mass is 35.5. The first-order valence-corrected chi connectivity index (χ1v) is 23.0. The van der Waals surface area contributed by atoms with Crippen LogP contribution in [-0.2, 0) is 46.4 Å². The zero-order valence-electron chi connectivity index (χ0n) is 40.6. The summed E-state index contributed by atoms with van der Waals surface area (Å²) in [5.41, 5.74) is 8.71. The molecule has 2 aromatic rings. The van der Waals surface area contributed by atoms with Crippen molar-refractivity contribution in [3.05, 3.63) is 84.1 Å². The molecule has 2 aromatic carbocycles. The fraction of sp³-hybridized carbons (Fsp3) is 0.571. The Morgan fingerprint density at radius 1 is 0.677 bits per heavy atom. The number of benzene rings is 2. The lowest BCUT2D eigenvalue weighted by Crippen LogP contribution is -2.40. The Morgan fingerprint density at radius 2 is 1.12 bits per heavy atom. The minimum absolute atomic E-state index is 0.00169. The number of allylic oxidation sites excluding steroid dienone is 1. The highest BCUT2D eigenvalue weighted by Crippen LogP contribution is 2.15. The number of amides is 2. The minimum Gasteiger partial charge on any atom is -0.481 e. The number of carboxylic acids is 3. The number of hydrogen-bond donors (Lipinski definition) is 7. The van der Waals surface area contributed by atoms with Crippen molar-refractivity contribution in [2.45, 2.75) is 138 Å². The number of hydrogen-bond acceptors (Lipinski definition) is 10. The van der Waals surface area contributed by atoms with Gasteiger partial charge in [0.05, 0.1) is 24.4 Å². The van der Waals surface area contributed by atoms with Crippen LogP contribution in [0.1, 0.15) is 124 Å². The first kappa shape index (κ1) is 66.5. The molecule has 0 bridgehead atoms. The normalized spacial score (nSPS) is 11.1. The molecule has 2 amide bonds. The molecule has 3 unspecified atom stereocenters. The monoisotopic (exact) mass is 936 g/mol. The number of nitrogens with two attached hydrogens (primary N) is 1. The summed E-state index contributed by atoms with van der Waals surface area (Å²) in [5.74, 6) is -1.93. The van der Waals surface area contributed by atoms with E-state index in [0.29, 0.717) is 38.8 Å². The van der Waals surface area contributed by atoms with E-state index in [1.54, 1.807) is 27.8 Å². The molecular weight excluding hydrogens is 854 g/mol. The number of aliphatic carboxylic acids is 3. The van der Waals surface area contributed by atoms with Gasteiger partial charge in [-0.1, -0.05) is 116 Å². The van der Waals surface area contributed by atoms with E-state index >= 15 is 0 Å². The van der Waals surface area contributed by atoms with Gasteiger partial charge in [-0.3, -0.25) is 33.6 Å². The summed E-state index contributed by atoms with van der Waals surface area (Å²) in [5, 5.41) is 32.4. The number of halogens is 1. The van der Waals surface area contributed by atoms with Crippen LogP contribution < -0.4 is 21.7 Å². The van der Waals surface area contributed by atoms with E-state index in [1.807, 2.05) is 55.5 Å². The Balaban J connectivity index is -0.000000375. The van der Waals surface area contributed by atoms with Crippen LogP contribution in [-0.4, -0.2) is 113 Å². The van der Waals surface area contributed by atoms with Gasteiger partial charge in [0.2, 0.25) is 11.8 Å². The summed E-state index contributed by atoms with van der Waals surface area (Å²) in [7, 11) is 1.63. The lowest BCUT2D eigenvalue weighted by Gasteiger charge is -2.23. The summed E-state index contributed by atoms with van der Waals surface area (Å²) >= 11 is 5.67. The maximum atomic E-state index is 11.9. The van der Waals surface area contributed by atoms with Crippen LogP contribution in [0, 0.1) is 5.92 Å². The molecule has 0 aliphatic heterocycles. The second kappa shape index (κ2) is 45.4. The van der Waals surface area contributed by atoms with Crippen molar-refractivity contribution >= 4 is 52.9 Å². The van der Waals surface area contributed by atoms with E-state index < -0.39 is 23.9 Å². The van der Waals surface area contributed by atoms with Crippen molar-refractivity contribution in [2.24, 2.45) is 11.7 Å². The average molecular weight is 937 g/mol. The average Bonchev–Trinajstić information content (AvgIpc) is 3.30. The van der Waals surface area contributed by atoms with Crippen LogP contribution in [0.25, 0.3) is 0 Å². The molecule has 0 fully saturated rings. The van der Waals surface area contributed by atoms with Gasteiger partial charge < -0.3 is 41.9 Å². The SMILES string of the molecule is C=C(NC(CCCN)C(=O)CCl)C(C)Cc1ccccc1.CCC(=O)NC.CCC(=O)NC(Cc1ccccc1)C(C)=O.CCC(=O)O.CCC(=O)O.CCCN(CCC)CCC(=O)O. The third-order valence-corrected chi connectivity index (χ3v) is 9.18. The van der Waals surface area contributed by atoms with E-state index in [2.05, 4.69) is 60.3 Å². The summed E-state index contributed by atoms with van der Waals surface area (Å²) in [6.45, 7) is 22.0. The van der Waals surface area contributed by atoms with Gasteiger partial charge >= 0.3 is 17.9 Å². The molecule has 370 valence electrons. The van der Waals surface area contributed by atoms with Gasteiger partial charge in [0.25, 0.3) is 0 Å². The number of rotatable bonds is 25. The standard InChI is InChI=1S/C17H25ClN2O.C13H17NO2.C9H19NO2.C4H9NO.2C3H6O2/c1-13(11-15-7-4-3-5-8-15)14(2)20-16(9-6-10-19)17(21)12-18;1-3-13(16)14-12(10(2)15)9-11-7-5-4-6-8-11;1-3-6-10(7-4-2)8-5-9(11)12;1-3-4(6)5-2;2*1-2-3(4)5/h3-5,7-8,13,16,20H,2,6,9-12,19H2,1H3;4-8,12H,3,9H2,1-2H3,(H,14,16);3-8H2,1-2H3,(H,11,12);3H2,1-2H3,(H,5,6);2*2H2,1H3,(H,4,5). The molecule has 15 nitrogen and oxygen atoms in total. The molecule has 0 saturated carbocycles. The van der Waals surface area contributed by atoms with E-state index in [4.69, 9.17) is 32.7 Å². The number of nitrogens with one attached hydrogen (secondary N) is 3. The quantitative estimate of drug-likeness (QED) is 0.0485. The fourth-order valence-electron chi connectivity index (χ4n) is 5.03. The van der Waals surface area contributed by atoms with E-state index in [0.717, 1.165) is 50.0 Å². The second-order valence-electron chi connectivity index (χ2n) is 14.6. The Labute approximate surface area is 394 Å². The molecule has 0 aromatic heterocycles. The molecule has 0 aliphatic rings. The molecule has 0 heterocycles. The molecule has 8 N–H and O–H groups in total. The lowest BCUT2D eigenvalue weighted by molar-refractivity contribution is -0.138. The van der Waals surface area contributed by atoms with Gasteiger partial charge in [-0.2, -0.15) is 0 Å². The van der Waals surface area contributed by atoms with Crippen molar-refractivity contribution in [3.8, 4) is 0 Å². The third-order valence-electron chi connectivity index (χ3n) is 8.91. The highest BCUT2D eigenvalue weighted by molar-refractivity contribution is 6.28. The van der Waals surface area contributed by atoms with Crippen molar-refractivity contribution in [3.63, 3.8) is 0 Å². The van der Waals surface area contributed by atoms with Crippen molar-refractivity contribution in [1.82, 2.24) is 20.9 Å². The minimum atomic E-state index is -0.745. The Kier molecular flexibility index (Phi) is 46.5. The van der Waals surface area contributed by atoms with Gasteiger partial charge in [-0.25, -0.2) is 0 Å². The van der Waals surface area contributed by atoms with Crippen LogP contribution in [0.3, 0.4) is 0 Å². The maximum Gasteiger partial charge on any atom is 0.304 e. The van der Waals surface area contributed by atoms with Crippen LogP contribution in [0.15, 0.2) is 72.9 Å². The smallest absolute Gasteiger partial charge is 0.304 e. The first-order chi connectivity index (χ1) is 30.8. The lowest BCUT2D eigenvalue weighted by atomic mass is 9.97. The summed E-state index contributed by atoms with van der Waals surface area (Å²) in [6, 6.07) is 19.2. The summed E-state index contributed by atoms with van der Waals surface area (Å²) < 4.78 is 0. The number of alkyl halides is 1. The number of nitrogens with zero attached hydrogens (tertiary/aromatic N) is 1. The maximum absolute atomic E-state index is 11.9. The molecule has 0 aliphatic carbocycles. The number of carboxylic acid groups (broad SMARTS) is 3. The van der Waals surface area contributed by atoms with E-state index in [9.17, 15) is 33.6 Å². The predicted octanol–water partition coefficient (Wildman–Crippen LogP) is 7.28. The van der Waals surface area contributed by atoms with Crippen LogP contribution in [0.5, 0.6) is 0 Å². The summed E-state index contributed by atoms with van der Waals surface area (Å²) in [4.78, 5) is 75.8. The van der Waals surface area contributed by atoms with Gasteiger partial charge in [-0.15, -0.1) is 11.6 Å². The molecular formula is C49H82ClN5O10. The first-order valence-electron chi connectivity index (χ1n) is 22.5. The molecule has 0 spiro atoms. The van der Waals surface area contributed by atoms with E-state index in [-0.39, 0.29) is 60.5 Å². The largest absolute Gasteiger partial charge is 0.481 e. The molecule has 0 saturated heterocycles. The number of ketones is 2. The Morgan fingerprint density at radius 3 is 1.45 bits per heavy atom. The van der Waals surface area contributed by atoms with Gasteiger partial charge in [0.1, 0.15) is 0 Å². The molecule has 2 rings (SSSR count). The highest BCUT2D eigenvalue weighted by Gasteiger charge is 2.19. The van der Waals surface area contributed by atoms with Gasteiger partial charge in [0, 0.05) is 45.0 Å². The van der Waals surface area contributed by atoms with Gasteiger partial charge in [0.15, 0.2) is 11.6 Å². The van der Waals surface area contributed by atoms with Crippen LogP contribution in [0.2, 0.25) is 0 Å². The third kappa shape index (κ3) is 43.9. The topological polar surface area (TPSA) is 246 Å². The Bertz CT molecular complexity index is 1560. The number of carbonyl (C=O) groups is 7. The zero-order chi connectivity index (χ0) is 50.6. The Hall–Kier alpha value is -5.12. The van der Waals surface area contributed by atoms with Crippen molar-refractivity contribution in [2.75, 3.05) is 39.1 Å². The predicted molar refractivity (Wildman–Crippen MR) is 262 cm³/mol.